The number of H-pyrrole nitrogens is 1. The molecule has 198 valence electrons. The van der Waals surface area contributed by atoms with E-state index in [0.29, 0.717) is 0 Å². The van der Waals surface area contributed by atoms with Gasteiger partial charge in [-0.25, -0.2) is 4.79 Å². The molecule has 3 heterocycles. The largest absolute Gasteiger partial charge is 0.414 e. The van der Waals surface area contributed by atoms with E-state index in [1.54, 1.807) is 6.08 Å². The Morgan fingerprint density at radius 3 is 2.17 bits per heavy atom. The molecule has 0 amide bonds. The summed E-state index contributed by atoms with van der Waals surface area (Å²) in [5.74, 6) is 0. The number of nitrogens with one attached hydrogen (secondary N) is 1. The highest BCUT2D eigenvalue weighted by Gasteiger charge is 2.65. The molecule has 2 N–H and O–H groups in total. The van der Waals surface area contributed by atoms with Crippen molar-refractivity contribution in [1.82, 2.24) is 9.55 Å². The Balaban J connectivity index is 2.21. The van der Waals surface area contributed by atoms with Gasteiger partial charge >= 0.3 is 22.8 Å². The van der Waals surface area contributed by atoms with Gasteiger partial charge in [-0.1, -0.05) is 61.5 Å². The highest BCUT2D eigenvalue weighted by molar-refractivity contribution is 6.84. The molecule has 11 heteroatoms. The summed E-state index contributed by atoms with van der Waals surface area (Å²) in [4.78, 5) is 26.6. The van der Waals surface area contributed by atoms with E-state index in [-0.39, 0.29) is 35.2 Å². The first kappa shape index (κ1) is 28.2. The summed E-state index contributed by atoms with van der Waals surface area (Å²) in [7, 11) is -5.81. The Kier molecular flexibility index (Phi) is 8.22. The second kappa shape index (κ2) is 10.2. The van der Waals surface area contributed by atoms with Crippen LogP contribution >= 0.6 is 0 Å². The Labute approximate surface area is 210 Å². The van der Waals surface area contributed by atoms with Crippen molar-refractivity contribution in [3.8, 4) is 0 Å². The summed E-state index contributed by atoms with van der Waals surface area (Å²) in [6.45, 7) is 21.0. The summed E-state index contributed by atoms with van der Waals surface area (Å²) in [6.07, 6.45) is 0.499. The lowest BCUT2D eigenvalue weighted by Crippen LogP contribution is -2.67. The van der Waals surface area contributed by atoms with E-state index < -0.39 is 52.4 Å². The van der Waals surface area contributed by atoms with Crippen LogP contribution in [-0.4, -0.2) is 56.2 Å². The fraction of sp³-hybridized carbons (Fsp3) is 0.750. The highest BCUT2D eigenvalue weighted by atomic mass is 28.5. The second-order valence-corrected chi connectivity index (χ2v) is 19.9. The number of fused-ring (bicyclic) bond motifs is 1. The normalized spacial score (nSPS) is 30.5. The predicted octanol–water partition coefficient (Wildman–Crippen LogP) is 3.70. The molecule has 2 fully saturated rings. The first-order valence-corrected chi connectivity index (χ1v) is 16.5. The summed E-state index contributed by atoms with van der Waals surface area (Å²) >= 11 is 0. The van der Waals surface area contributed by atoms with Crippen LogP contribution in [0.1, 0.15) is 68.0 Å². The fourth-order valence-electron chi connectivity index (χ4n) is 5.61. The first-order valence-electron chi connectivity index (χ1n) is 12.6. The smallest absolute Gasteiger partial charge is 0.335 e. The van der Waals surface area contributed by atoms with Crippen LogP contribution in [0.15, 0.2) is 34.5 Å². The summed E-state index contributed by atoms with van der Waals surface area (Å²) in [5, 5.41) is 12.1. The van der Waals surface area contributed by atoms with Gasteiger partial charge in [-0.2, -0.15) is 0 Å². The standard InChI is InChI=1S/C24H42N2O7Si2/c1-10-12-24(29)21-19(31-22(24)26-13-11-20(27)25-23(26)28)14-30-34(15(2)3,16(4)5)33-35(32-21,17(6)7)18(8)9/h10-11,13,15-19,21-22,29H,1,12,14H2,2-9H3,(H,25,27,28)/t19-,21+,22-,24?/m1/s1. The van der Waals surface area contributed by atoms with E-state index in [2.05, 4.69) is 67.0 Å². The summed E-state index contributed by atoms with van der Waals surface area (Å²) in [5.41, 5.74) is -2.35. The molecule has 1 unspecified atom stereocenters. The number of aliphatic hydroxyl groups is 1. The third-order valence-electron chi connectivity index (χ3n) is 7.46. The molecule has 1 aromatic rings. The predicted molar refractivity (Wildman–Crippen MR) is 139 cm³/mol. The molecule has 2 aliphatic heterocycles. The monoisotopic (exact) mass is 526 g/mol. The SMILES string of the molecule is C=CCC1(O)[C@H]2O[Si](C(C)C)(C(C)C)O[Si](C(C)C)(C(C)C)OC[C@H]2O[C@H]1n1ccc(=O)[nH]c1=O. The molecular weight excluding hydrogens is 484 g/mol. The van der Waals surface area contributed by atoms with E-state index in [9.17, 15) is 14.7 Å². The van der Waals surface area contributed by atoms with E-state index >= 15 is 0 Å². The lowest BCUT2D eigenvalue weighted by Gasteiger charge is -2.52. The molecule has 3 rings (SSSR count). The first-order chi connectivity index (χ1) is 16.2. The van der Waals surface area contributed by atoms with Gasteiger partial charge in [0.15, 0.2) is 6.23 Å². The number of aromatic nitrogens is 2. The van der Waals surface area contributed by atoms with Crippen LogP contribution in [0.4, 0.5) is 0 Å². The molecule has 0 aliphatic carbocycles. The summed E-state index contributed by atoms with van der Waals surface area (Å²) < 4.78 is 28.5. The minimum absolute atomic E-state index is 0.0667. The zero-order valence-corrected chi connectivity index (χ0v) is 24.2. The van der Waals surface area contributed by atoms with Crippen LogP contribution in [-0.2, 0) is 17.7 Å². The molecule has 2 aliphatic rings. The van der Waals surface area contributed by atoms with Crippen molar-refractivity contribution in [2.24, 2.45) is 0 Å². The van der Waals surface area contributed by atoms with Crippen molar-refractivity contribution in [1.29, 1.82) is 0 Å². The Bertz CT molecular complexity index is 1010. The Hall–Kier alpha value is -1.35. The van der Waals surface area contributed by atoms with Gasteiger partial charge in [-0.05, 0) is 22.2 Å². The molecule has 1 aromatic heterocycles. The van der Waals surface area contributed by atoms with Gasteiger partial charge in [0.2, 0.25) is 0 Å². The minimum Gasteiger partial charge on any atom is -0.414 e. The minimum atomic E-state index is -3.02. The van der Waals surface area contributed by atoms with Crippen molar-refractivity contribution in [2.75, 3.05) is 6.61 Å². The molecule has 0 aromatic carbocycles. The number of hydrogen-bond donors (Lipinski definition) is 2. The van der Waals surface area contributed by atoms with Crippen LogP contribution in [0.2, 0.25) is 22.2 Å². The number of rotatable bonds is 7. The maximum Gasteiger partial charge on any atom is 0.335 e. The molecule has 0 saturated carbocycles. The number of hydrogen-bond acceptors (Lipinski definition) is 7. The van der Waals surface area contributed by atoms with E-state index in [4.69, 9.17) is 17.7 Å². The number of ether oxygens (including phenoxy) is 1. The second-order valence-electron chi connectivity index (χ2n) is 11.0. The molecular formula is C24H42N2O7Si2. The lowest BCUT2D eigenvalue weighted by molar-refractivity contribution is -0.107. The molecule has 9 nitrogen and oxygen atoms in total. The zero-order valence-electron chi connectivity index (χ0n) is 22.2. The fourth-order valence-corrected chi connectivity index (χ4v) is 16.9. The highest BCUT2D eigenvalue weighted by Crippen LogP contribution is 2.51. The Morgan fingerprint density at radius 2 is 1.69 bits per heavy atom. The molecule has 2 saturated heterocycles. The van der Waals surface area contributed by atoms with Crippen LogP contribution in [0.3, 0.4) is 0 Å². The third kappa shape index (κ3) is 4.72. The molecule has 35 heavy (non-hydrogen) atoms. The van der Waals surface area contributed by atoms with Gasteiger partial charge in [0.25, 0.3) is 5.56 Å². The van der Waals surface area contributed by atoms with Crippen molar-refractivity contribution >= 4 is 17.1 Å². The quantitative estimate of drug-likeness (QED) is 0.411. The topological polar surface area (TPSA) is 112 Å². The van der Waals surface area contributed by atoms with E-state index in [1.807, 2.05) is 0 Å². The van der Waals surface area contributed by atoms with Gasteiger partial charge < -0.3 is 22.8 Å². The lowest BCUT2D eigenvalue weighted by atomic mass is 9.90. The average Bonchev–Trinajstić information content (AvgIpc) is 2.98. The van der Waals surface area contributed by atoms with Gasteiger partial charge in [0, 0.05) is 18.7 Å². The van der Waals surface area contributed by atoms with Gasteiger partial charge in [0.05, 0.1) is 6.61 Å². The maximum absolute atomic E-state index is 12.7. The zero-order chi connectivity index (χ0) is 26.3. The van der Waals surface area contributed by atoms with Gasteiger partial charge in [-0.3, -0.25) is 14.3 Å². The Morgan fingerprint density at radius 1 is 1.11 bits per heavy atom. The van der Waals surface area contributed by atoms with E-state index in [1.165, 1.54) is 16.8 Å². The van der Waals surface area contributed by atoms with Crippen molar-refractivity contribution < 1.29 is 22.8 Å². The van der Waals surface area contributed by atoms with Gasteiger partial charge in [0.1, 0.15) is 17.8 Å². The molecule has 4 atom stereocenters. The van der Waals surface area contributed by atoms with Crippen LogP contribution in [0, 0.1) is 0 Å². The van der Waals surface area contributed by atoms with Gasteiger partial charge in [-0.15, -0.1) is 6.58 Å². The van der Waals surface area contributed by atoms with Crippen LogP contribution in [0.25, 0.3) is 0 Å². The van der Waals surface area contributed by atoms with Crippen LogP contribution in [0.5, 0.6) is 0 Å². The average molecular weight is 527 g/mol. The molecule has 0 radical (unpaired) electrons. The number of nitrogens with zero attached hydrogens (tertiary/aromatic N) is 1. The van der Waals surface area contributed by atoms with Crippen molar-refractivity contribution in [2.45, 2.75) is 108 Å². The van der Waals surface area contributed by atoms with E-state index in [0.717, 1.165) is 0 Å². The molecule has 0 spiro atoms. The maximum atomic E-state index is 12.7. The third-order valence-corrected chi connectivity index (χ3v) is 17.7. The molecule has 0 bridgehead atoms. The van der Waals surface area contributed by atoms with Crippen LogP contribution < -0.4 is 11.2 Å². The number of aromatic amines is 1. The van der Waals surface area contributed by atoms with Crippen molar-refractivity contribution in [3.05, 3.63) is 45.8 Å². The van der Waals surface area contributed by atoms with Crippen molar-refractivity contribution in [3.63, 3.8) is 0 Å². The summed E-state index contributed by atoms with van der Waals surface area (Å²) in [6, 6.07) is 1.23.